The van der Waals surface area contributed by atoms with Crippen molar-refractivity contribution in [1.82, 2.24) is 5.32 Å². The van der Waals surface area contributed by atoms with E-state index in [-0.39, 0.29) is 23.5 Å². The molecule has 0 bridgehead atoms. The van der Waals surface area contributed by atoms with Crippen molar-refractivity contribution in [2.24, 2.45) is 0 Å². The summed E-state index contributed by atoms with van der Waals surface area (Å²) in [5.74, 6) is 0.648. The molecule has 7 nitrogen and oxygen atoms in total. The van der Waals surface area contributed by atoms with Gasteiger partial charge in [-0.25, -0.2) is 8.42 Å². The maximum atomic E-state index is 12.6. The molecule has 32 heavy (non-hydrogen) atoms. The molecule has 3 rings (SSSR count). The van der Waals surface area contributed by atoms with E-state index in [4.69, 9.17) is 9.47 Å². The summed E-state index contributed by atoms with van der Waals surface area (Å²) >= 11 is 3.38. The number of anilines is 1. The molecule has 168 valence electrons. The van der Waals surface area contributed by atoms with Crippen LogP contribution in [-0.4, -0.2) is 28.0 Å². The van der Waals surface area contributed by atoms with E-state index in [1.807, 2.05) is 31.2 Å². The van der Waals surface area contributed by atoms with Gasteiger partial charge in [-0.05, 0) is 61.0 Å². The lowest BCUT2D eigenvalue weighted by Gasteiger charge is -2.15. The lowest BCUT2D eigenvalue weighted by Crippen LogP contribution is -2.31. The second-order valence-electron chi connectivity index (χ2n) is 6.94. The van der Waals surface area contributed by atoms with Gasteiger partial charge in [0.05, 0.1) is 23.7 Å². The number of methoxy groups -OCH3 is 1. The number of benzene rings is 3. The topological polar surface area (TPSA) is 93.7 Å². The molecular formula is C23H23BrN2O5S. The molecule has 2 N–H and O–H groups in total. The molecule has 0 fully saturated rings. The van der Waals surface area contributed by atoms with Crippen molar-refractivity contribution in [2.75, 3.05) is 18.4 Å². The van der Waals surface area contributed by atoms with Gasteiger partial charge in [-0.3, -0.25) is 9.52 Å². The number of carbonyl (C=O) groups excluding carboxylic acids is 1. The van der Waals surface area contributed by atoms with Crippen molar-refractivity contribution in [2.45, 2.75) is 17.9 Å². The van der Waals surface area contributed by atoms with Crippen molar-refractivity contribution < 1.29 is 22.7 Å². The average molecular weight is 519 g/mol. The molecule has 0 aromatic heterocycles. The van der Waals surface area contributed by atoms with E-state index >= 15 is 0 Å². The molecule has 0 heterocycles. The Hall–Kier alpha value is -3.04. The zero-order valence-electron chi connectivity index (χ0n) is 17.5. The van der Waals surface area contributed by atoms with Gasteiger partial charge in [0.25, 0.3) is 15.9 Å². The minimum absolute atomic E-state index is 0.0704. The molecular weight excluding hydrogens is 496 g/mol. The number of halogens is 1. The third-order valence-electron chi connectivity index (χ3n) is 4.57. The van der Waals surface area contributed by atoms with Gasteiger partial charge in [-0.15, -0.1) is 0 Å². The quantitative estimate of drug-likeness (QED) is 0.434. The zero-order valence-corrected chi connectivity index (χ0v) is 19.9. The number of nitrogens with one attached hydrogen (secondary N) is 2. The largest absolute Gasteiger partial charge is 0.497 e. The first-order valence-electron chi connectivity index (χ1n) is 9.71. The van der Waals surface area contributed by atoms with Gasteiger partial charge >= 0.3 is 0 Å². The van der Waals surface area contributed by atoms with E-state index in [0.29, 0.717) is 17.2 Å². The molecule has 0 aliphatic carbocycles. The Morgan fingerprint density at radius 1 is 1.00 bits per heavy atom. The fourth-order valence-corrected chi connectivity index (χ4v) is 4.20. The van der Waals surface area contributed by atoms with E-state index in [2.05, 4.69) is 26.0 Å². The van der Waals surface area contributed by atoms with Gasteiger partial charge in [0.15, 0.2) is 6.61 Å². The number of hydrogen-bond donors (Lipinski definition) is 2. The van der Waals surface area contributed by atoms with Crippen LogP contribution in [0, 0.1) is 0 Å². The predicted octanol–water partition coefficient (Wildman–Crippen LogP) is 4.51. The molecule has 9 heteroatoms. The average Bonchev–Trinajstić information content (AvgIpc) is 2.78. The van der Waals surface area contributed by atoms with Crippen molar-refractivity contribution in [1.29, 1.82) is 0 Å². The molecule has 0 unspecified atom stereocenters. The third-order valence-corrected chi connectivity index (χ3v) is 6.50. The maximum absolute atomic E-state index is 12.6. The first-order valence-corrected chi connectivity index (χ1v) is 12.0. The molecule has 0 saturated heterocycles. The van der Waals surface area contributed by atoms with Crippen molar-refractivity contribution >= 4 is 37.5 Å². The van der Waals surface area contributed by atoms with Gasteiger partial charge < -0.3 is 14.8 Å². The highest BCUT2D eigenvalue weighted by Gasteiger charge is 2.15. The smallest absolute Gasteiger partial charge is 0.261 e. The van der Waals surface area contributed by atoms with Crippen molar-refractivity contribution in [3.63, 3.8) is 0 Å². The summed E-state index contributed by atoms with van der Waals surface area (Å²) in [6.07, 6.45) is 0. The highest BCUT2D eigenvalue weighted by atomic mass is 79.9. The molecule has 0 aliphatic rings. The van der Waals surface area contributed by atoms with Crippen LogP contribution in [0.3, 0.4) is 0 Å². The number of sulfonamides is 1. The monoisotopic (exact) mass is 518 g/mol. The van der Waals surface area contributed by atoms with Gasteiger partial charge in [0, 0.05) is 10.5 Å². The maximum Gasteiger partial charge on any atom is 0.261 e. The Morgan fingerprint density at radius 3 is 2.34 bits per heavy atom. The standard InChI is InChI=1S/C23H23BrN2O5S/c1-16(17-6-8-18(24)9-7-17)25-23(27)15-31-20-10-12-22(13-11-20)32(28,29)26-19-4-3-5-21(14-19)30-2/h3-14,16,26H,15H2,1-2H3,(H,25,27)/t16-/m1/s1. The Labute approximate surface area is 195 Å². The summed E-state index contributed by atoms with van der Waals surface area (Å²) in [5.41, 5.74) is 1.36. The summed E-state index contributed by atoms with van der Waals surface area (Å²) in [6.45, 7) is 1.70. The third kappa shape index (κ3) is 6.48. The summed E-state index contributed by atoms with van der Waals surface area (Å²) in [4.78, 5) is 12.3. The van der Waals surface area contributed by atoms with Crippen LogP contribution in [0.5, 0.6) is 11.5 Å². The molecule has 3 aromatic carbocycles. The lowest BCUT2D eigenvalue weighted by molar-refractivity contribution is -0.123. The Morgan fingerprint density at radius 2 is 1.69 bits per heavy atom. The minimum atomic E-state index is -3.78. The van der Waals surface area contributed by atoms with Crippen LogP contribution in [0.2, 0.25) is 0 Å². The van der Waals surface area contributed by atoms with E-state index < -0.39 is 10.0 Å². The molecule has 1 atom stereocenters. The number of ether oxygens (including phenoxy) is 2. The van der Waals surface area contributed by atoms with Crippen LogP contribution in [0.25, 0.3) is 0 Å². The number of carbonyl (C=O) groups is 1. The van der Waals surface area contributed by atoms with E-state index in [1.54, 1.807) is 24.3 Å². The molecule has 3 aromatic rings. The molecule has 0 aliphatic heterocycles. The number of amides is 1. The summed E-state index contributed by atoms with van der Waals surface area (Å²) < 4.78 is 39.3. The summed E-state index contributed by atoms with van der Waals surface area (Å²) in [6, 6.07) is 20.0. The van der Waals surface area contributed by atoms with Crippen LogP contribution in [-0.2, 0) is 14.8 Å². The van der Waals surface area contributed by atoms with Crippen LogP contribution in [0.4, 0.5) is 5.69 Å². The minimum Gasteiger partial charge on any atom is -0.497 e. The second-order valence-corrected chi connectivity index (χ2v) is 9.54. The Balaban J connectivity index is 1.55. The fourth-order valence-electron chi connectivity index (χ4n) is 2.88. The fraction of sp³-hybridized carbons (Fsp3) is 0.174. The number of hydrogen-bond acceptors (Lipinski definition) is 5. The van der Waals surface area contributed by atoms with Crippen molar-refractivity contribution in [3.8, 4) is 11.5 Å². The molecule has 1 amide bonds. The summed E-state index contributed by atoms with van der Waals surface area (Å²) in [7, 11) is -2.27. The molecule has 0 radical (unpaired) electrons. The molecule has 0 saturated carbocycles. The van der Waals surface area contributed by atoms with Gasteiger partial charge in [-0.2, -0.15) is 0 Å². The van der Waals surface area contributed by atoms with E-state index in [1.165, 1.54) is 31.4 Å². The SMILES string of the molecule is COc1cccc(NS(=O)(=O)c2ccc(OCC(=O)N[C@H](C)c3ccc(Br)cc3)cc2)c1. The van der Waals surface area contributed by atoms with Gasteiger partial charge in [-0.1, -0.05) is 34.1 Å². The summed E-state index contributed by atoms with van der Waals surface area (Å²) in [5, 5.41) is 2.86. The van der Waals surface area contributed by atoms with Crippen LogP contribution < -0.4 is 19.5 Å². The van der Waals surface area contributed by atoms with Crippen LogP contribution >= 0.6 is 15.9 Å². The normalized spacial score (nSPS) is 12.0. The zero-order chi connectivity index (χ0) is 23.1. The predicted molar refractivity (Wildman–Crippen MR) is 126 cm³/mol. The van der Waals surface area contributed by atoms with E-state index in [9.17, 15) is 13.2 Å². The van der Waals surface area contributed by atoms with Crippen LogP contribution in [0.1, 0.15) is 18.5 Å². The lowest BCUT2D eigenvalue weighted by atomic mass is 10.1. The van der Waals surface area contributed by atoms with Crippen molar-refractivity contribution in [3.05, 3.63) is 82.8 Å². The highest BCUT2D eigenvalue weighted by molar-refractivity contribution is 9.10. The van der Waals surface area contributed by atoms with Crippen LogP contribution in [0.15, 0.2) is 82.2 Å². The highest BCUT2D eigenvalue weighted by Crippen LogP contribution is 2.22. The molecule has 0 spiro atoms. The van der Waals surface area contributed by atoms with E-state index in [0.717, 1.165) is 10.0 Å². The first-order chi connectivity index (χ1) is 15.3. The Kier molecular flexibility index (Phi) is 7.76. The van der Waals surface area contributed by atoms with Gasteiger partial charge in [0.2, 0.25) is 0 Å². The van der Waals surface area contributed by atoms with Gasteiger partial charge in [0.1, 0.15) is 11.5 Å². The first kappa shape index (κ1) is 23.6. The second kappa shape index (κ2) is 10.5. The Bertz CT molecular complexity index is 1170. The number of rotatable bonds is 9.